The highest BCUT2D eigenvalue weighted by molar-refractivity contribution is 8.15. The van der Waals surface area contributed by atoms with Gasteiger partial charge in [0.2, 0.25) is 0 Å². The molecule has 2 nitrogen and oxygen atoms in total. The maximum atomic E-state index is 9.65. The van der Waals surface area contributed by atoms with Crippen LogP contribution in [0, 0.1) is 0 Å². The molecular formula is C11H13NOS. The quantitative estimate of drug-likeness (QED) is 0.768. The molecule has 1 aromatic rings. The molecular weight excluding hydrogens is 194 g/mol. The molecule has 1 aromatic carbocycles. The molecule has 0 amide bonds. The van der Waals surface area contributed by atoms with E-state index in [0.717, 1.165) is 10.6 Å². The Hall–Kier alpha value is -0.960. The number of phenolic OH excluding ortho intramolecular Hbond substituents is 1. The lowest BCUT2D eigenvalue weighted by Gasteiger charge is -2.04. The average Bonchev–Trinajstić information content (AvgIpc) is 2.48. The minimum Gasteiger partial charge on any atom is -0.507 e. The molecule has 74 valence electrons. The number of hydrogen-bond acceptors (Lipinski definition) is 3. The molecule has 2 atom stereocenters. The lowest BCUT2D eigenvalue weighted by atomic mass is 10.2. The van der Waals surface area contributed by atoms with Crippen molar-refractivity contribution in [2.45, 2.75) is 25.1 Å². The summed E-state index contributed by atoms with van der Waals surface area (Å²) in [6.07, 6.45) is 0. The van der Waals surface area contributed by atoms with Gasteiger partial charge in [0, 0.05) is 10.8 Å². The maximum Gasteiger partial charge on any atom is 0.125 e. The third kappa shape index (κ3) is 1.64. The Morgan fingerprint density at radius 3 is 2.57 bits per heavy atom. The summed E-state index contributed by atoms with van der Waals surface area (Å²) in [6, 6.07) is 7.70. The van der Waals surface area contributed by atoms with Gasteiger partial charge in [-0.25, -0.2) is 0 Å². The van der Waals surface area contributed by atoms with E-state index in [1.54, 1.807) is 17.8 Å². The van der Waals surface area contributed by atoms with Gasteiger partial charge in [-0.05, 0) is 19.1 Å². The van der Waals surface area contributed by atoms with E-state index in [0.29, 0.717) is 17.0 Å². The van der Waals surface area contributed by atoms with E-state index in [1.807, 2.05) is 18.2 Å². The standard InChI is InChI=1S/C11H13NOS/c1-7-8(2)14-11(12-7)9-5-3-4-6-10(9)13/h3-8,13H,1-2H3/t7-,8-/m0/s1. The number of nitrogens with zero attached hydrogens (tertiary/aromatic N) is 1. The first-order valence-corrected chi connectivity index (χ1v) is 5.59. The number of aliphatic imine (C=N–C) groups is 1. The van der Waals surface area contributed by atoms with Crippen molar-refractivity contribution >= 4 is 16.8 Å². The van der Waals surface area contributed by atoms with Gasteiger partial charge in [-0.2, -0.15) is 0 Å². The lowest BCUT2D eigenvalue weighted by Crippen LogP contribution is -2.07. The Bertz CT molecular complexity index is 375. The second-order valence-corrected chi connectivity index (χ2v) is 4.88. The van der Waals surface area contributed by atoms with Crippen molar-refractivity contribution in [3.05, 3.63) is 29.8 Å². The number of thioether (sulfide) groups is 1. The second-order valence-electron chi connectivity index (χ2n) is 3.51. The summed E-state index contributed by atoms with van der Waals surface area (Å²) in [6.45, 7) is 4.26. The lowest BCUT2D eigenvalue weighted by molar-refractivity contribution is 0.474. The van der Waals surface area contributed by atoms with Crippen molar-refractivity contribution in [1.29, 1.82) is 0 Å². The van der Waals surface area contributed by atoms with E-state index in [4.69, 9.17) is 0 Å². The molecule has 0 saturated carbocycles. The van der Waals surface area contributed by atoms with Crippen molar-refractivity contribution in [2.75, 3.05) is 0 Å². The van der Waals surface area contributed by atoms with Gasteiger partial charge in [0.1, 0.15) is 10.8 Å². The Balaban J connectivity index is 2.34. The summed E-state index contributed by atoms with van der Waals surface area (Å²) in [5, 5.41) is 11.1. The summed E-state index contributed by atoms with van der Waals surface area (Å²) < 4.78 is 0. The van der Waals surface area contributed by atoms with E-state index in [9.17, 15) is 5.11 Å². The zero-order valence-electron chi connectivity index (χ0n) is 8.27. The molecule has 3 heteroatoms. The number of phenols is 1. The molecule has 2 rings (SSSR count). The van der Waals surface area contributed by atoms with E-state index >= 15 is 0 Å². The van der Waals surface area contributed by atoms with E-state index in [-0.39, 0.29) is 0 Å². The van der Waals surface area contributed by atoms with Gasteiger partial charge in [0.05, 0.1) is 6.04 Å². The normalized spacial score (nSPS) is 26.3. The number of hydrogen-bond donors (Lipinski definition) is 1. The Morgan fingerprint density at radius 2 is 2.00 bits per heavy atom. The van der Waals surface area contributed by atoms with Crippen LogP contribution < -0.4 is 0 Å². The van der Waals surface area contributed by atoms with Crippen LogP contribution in [0.15, 0.2) is 29.3 Å². The van der Waals surface area contributed by atoms with Crippen LogP contribution in [0.3, 0.4) is 0 Å². The molecule has 0 unspecified atom stereocenters. The minimum atomic E-state index is 0.319. The number of rotatable bonds is 1. The van der Waals surface area contributed by atoms with Gasteiger partial charge in [0.15, 0.2) is 0 Å². The zero-order valence-corrected chi connectivity index (χ0v) is 9.08. The van der Waals surface area contributed by atoms with Crippen LogP contribution in [-0.4, -0.2) is 21.4 Å². The molecule has 0 fully saturated rings. The van der Waals surface area contributed by atoms with Gasteiger partial charge in [-0.1, -0.05) is 19.1 Å². The van der Waals surface area contributed by atoms with E-state index < -0.39 is 0 Å². The van der Waals surface area contributed by atoms with Crippen molar-refractivity contribution in [1.82, 2.24) is 0 Å². The highest BCUT2D eigenvalue weighted by Gasteiger charge is 2.24. The number of aromatic hydroxyl groups is 1. The molecule has 0 aromatic heterocycles. The van der Waals surface area contributed by atoms with Crippen LogP contribution in [0.1, 0.15) is 19.4 Å². The van der Waals surface area contributed by atoms with E-state index in [1.165, 1.54) is 0 Å². The van der Waals surface area contributed by atoms with Crippen LogP contribution in [0.4, 0.5) is 0 Å². The summed E-state index contributed by atoms with van der Waals surface area (Å²) in [5.41, 5.74) is 0.855. The van der Waals surface area contributed by atoms with Crippen molar-refractivity contribution in [2.24, 2.45) is 4.99 Å². The fourth-order valence-corrected chi connectivity index (χ4v) is 2.52. The monoisotopic (exact) mass is 207 g/mol. The predicted molar refractivity (Wildman–Crippen MR) is 61.2 cm³/mol. The molecule has 1 aliphatic heterocycles. The maximum absolute atomic E-state index is 9.65. The summed E-state index contributed by atoms with van der Waals surface area (Å²) in [7, 11) is 0. The minimum absolute atomic E-state index is 0.319. The molecule has 0 saturated heterocycles. The molecule has 1 heterocycles. The number of benzene rings is 1. The van der Waals surface area contributed by atoms with Crippen molar-refractivity contribution in [3.63, 3.8) is 0 Å². The largest absolute Gasteiger partial charge is 0.507 e. The first kappa shape index (κ1) is 9.59. The molecule has 1 N–H and O–H groups in total. The molecule has 14 heavy (non-hydrogen) atoms. The molecule has 0 radical (unpaired) electrons. The second kappa shape index (κ2) is 3.65. The fourth-order valence-electron chi connectivity index (χ4n) is 1.38. The third-order valence-corrected chi connectivity index (χ3v) is 3.75. The Kier molecular flexibility index (Phi) is 2.50. The smallest absolute Gasteiger partial charge is 0.125 e. The Morgan fingerprint density at radius 1 is 1.29 bits per heavy atom. The van der Waals surface area contributed by atoms with Crippen LogP contribution in [0.25, 0.3) is 0 Å². The first-order valence-electron chi connectivity index (χ1n) is 4.71. The van der Waals surface area contributed by atoms with Gasteiger partial charge in [-0.15, -0.1) is 11.8 Å². The molecule has 0 bridgehead atoms. The van der Waals surface area contributed by atoms with Gasteiger partial charge in [-0.3, -0.25) is 4.99 Å². The van der Waals surface area contributed by atoms with Crippen LogP contribution in [0.2, 0.25) is 0 Å². The topological polar surface area (TPSA) is 32.6 Å². The molecule has 0 spiro atoms. The summed E-state index contributed by atoms with van der Waals surface area (Å²) in [4.78, 5) is 4.52. The molecule has 1 aliphatic rings. The predicted octanol–water partition coefficient (Wildman–Crippen LogP) is 2.66. The number of para-hydroxylation sites is 1. The van der Waals surface area contributed by atoms with Crippen LogP contribution in [0.5, 0.6) is 5.75 Å². The fraction of sp³-hybridized carbons (Fsp3) is 0.364. The highest BCUT2D eigenvalue weighted by atomic mass is 32.2. The first-order chi connectivity index (χ1) is 6.68. The average molecular weight is 207 g/mol. The zero-order chi connectivity index (χ0) is 10.1. The summed E-state index contributed by atoms with van der Waals surface area (Å²) >= 11 is 1.73. The SMILES string of the molecule is C[C@@H]1N=C(c2ccccc2O)S[C@H]1C. The molecule has 0 aliphatic carbocycles. The third-order valence-electron chi connectivity index (χ3n) is 2.43. The Labute approximate surface area is 88.1 Å². The van der Waals surface area contributed by atoms with Crippen molar-refractivity contribution < 1.29 is 5.11 Å². The van der Waals surface area contributed by atoms with E-state index in [2.05, 4.69) is 18.8 Å². The van der Waals surface area contributed by atoms with Crippen molar-refractivity contribution in [3.8, 4) is 5.75 Å². The van der Waals surface area contributed by atoms with Gasteiger partial charge >= 0.3 is 0 Å². The highest BCUT2D eigenvalue weighted by Crippen LogP contribution is 2.32. The van der Waals surface area contributed by atoms with Crippen LogP contribution >= 0.6 is 11.8 Å². The van der Waals surface area contributed by atoms with Gasteiger partial charge in [0.25, 0.3) is 0 Å². The van der Waals surface area contributed by atoms with Crippen LogP contribution in [-0.2, 0) is 0 Å². The van der Waals surface area contributed by atoms with Gasteiger partial charge < -0.3 is 5.11 Å². The summed E-state index contributed by atoms with van der Waals surface area (Å²) in [5.74, 6) is 0.319.